The van der Waals surface area contributed by atoms with Crippen LogP contribution in [-0.4, -0.2) is 18.7 Å². The molecule has 3 aliphatic rings. The van der Waals surface area contributed by atoms with Crippen LogP contribution < -0.4 is 9.30 Å². The molecule has 2 aliphatic carbocycles. The summed E-state index contributed by atoms with van der Waals surface area (Å²) in [6.45, 7) is -8.09. The molecule has 0 amide bonds. The van der Waals surface area contributed by atoms with Crippen LogP contribution in [0.5, 0.6) is 11.5 Å². The van der Waals surface area contributed by atoms with Crippen molar-refractivity contribution < 1.29 is 43.6 Å². The van der Waals surface area contributed by atoms with E-state index in [1.807, 2.05) is 130 Å². The molecule has 6 heteroatoms. The molecule has 5 heterocycles. The van der Waals surface area contributed by atoms with E-state index < -0.39 is 110 Å². The number of pyridine rings is 1. The van der Waals surface area contributed by atoms with E-state index in [1.165, 1.54) is 30.3 Å². The lowest BCUT2D eigenvalue weighted by Crippen LogP contribution is -2.34. The van der Waals surface area contributed by atoms with Gasteiger partial charge in [-0.25, -0.2) is 4.98 Å². The van der Waals surface area contributed by atoms with Crippen LogP contribution in [0.15, 0.2) is 231 Å². The van der Waals surface area contributed by atoms with E-state index in [0.717, 1.165) is 62.1 Å². The van der Waals surface area contributed by atoms with Crippen LogP contribution in [0.2, 0.25) is 0 Å². The van der Waals surface area contributed by atoms with E-state index in [-0.39, 0.29) is 55.6 Å². The van der Waals surface area contributed by atoms with Gasteiger partial charge in [0.05, 0.1) is 54.3 Å². The molecule has 1 aliphatic heterocycles. The number of hydrogen-bond donors (Lipinski definition) is 0. The zero-order valence-electron chi connectivity index (χ0n) is 81.3. The fourth-order valence-electron chi connectivity index (χ4n) is 15.9. The van der Waals surface area contributed by atoms with E-state index in [0.29, 0.717) is 67.5 Å². The zero-order valence-corrected chi connectivity index (χ0v) is 56.3. The topological polar surface area (TPSA) is 40.8 Å². The number of imidazole rings is 1. The van der Waals surface area contributed by atoms with Crippen LogP contribution in [0, 0.1) is 20.0 Å². The first-order valence-electron chi connectivity index (χ1n) is 46.3. The Labute approximate surface area is 623 Å². The van der Waals surface area contributed by atoms with Crippen LogP contribution in [0.3, 0.4) is 0 Å². The summed E-state index contributed by atoms with van der Waals surface area (Å²) >= 11 is 0. The normalized spacial score (nSPS) is 21.1. The highest BCUT2D eigenvalue weighted by atomic mass is 16.5. The summed E-state index contributed by atoms with van der Waals surface area (Å²) in [6.07, 6.45) is -2.12. The van der Waals surface area contributed by atoms with Gasteiger partial charge in [0.15, 0.2) is 0 Å². The third-order valence-corrected chi connectivity index (χ3v) is 21.1. The summed E-state index contributed by atoms with van der Waals surface area (Å²) < 4.78 is 252. The summed E-state index contributed by atoms with van der Waals surface area (Å²) in [7, 11) is 0. The molecule has 0 atom stereocenters. The molecule has 100 heavy (non-hydrogen) atoms. The minimum absolute atomic E-state index is 0.0689. The Morgan fingerprint density at radius 1 is 0.490 bits per heavy atom. The van der Waals surface area contributed by atoms with Gasteiger partial charge in [-0.05, 0) is 246 Å². The molecule has 0 bridgehead atoms. The van der Waals surface area contributed by atoms with Crippen molar-refractivity contribution >= 4 is 54.6 Å². The summed E-state index contributed by atoms with van der Waals surface area (Å²) in [5.41, 5.74) is -4.66. The van der Waals surface area contributed by atoms with Crippen molar-refractivity contribution in [3.8, 4) is 90.0 Å². The van der Waals surface area contributed by atoms with Crippen LogP contribution in [0.4, 0.5) is 0 Å². The van der Waals surface area contributed by atoms with Gasteiger partial charge in [-0.2, -0.15) is 0 Å². The maximum absolute atomic E-state index is 10.8. The predicted octanol–water partition coefficient (Wildman–Crippen LogP) is 24.3. The third-order valence-electron chi connectivity index (χ3n) is 21.1. The van der Waals surface area contributed by atoms with Crippen molar-refractivity contribution in [1.82, 2.24) is 18.7 Å². The van der Waals surface area contributed by atoms with Crippen molar-refractivity contribution in [2.45, 2.75) is 142 Å². The molecule has 6 nitrogen and oxygen atoms in total. The van der Waals surface area contributed by atoms with Gasteiger partial charge in [-0.1, -0.05) is 209 Å². The van der Waals surface area contributed by atoms with Crippen LogP contribution in [0.1, 0.15) is 175 Å². The van der Waals surface area contributed by atoms with Gasteiger partial charge in [-0.3, -0.25) is 13.7 Å². The number of ether oxygens (including phenoxy) is 1. The summed E-state index contributed by atoms with van der Waals surface area (Å²) in [6, 6.07) is 58.7. The van der Waals surface area contributed by atoms with Crippen molar-refractivity contribution in [3.05, 3.63) is 276 Å². The molecule has 492 valence electrons. The van der Waals surface area contributed by atoms with Gasteiger partial charge >= 0.3 is 0 Å². The molecular weight excluding hydrogens is 1220 g/mol. The van der Waals surface area contributed by atoms with E-state index in [4.69, 9.17) is 17.9 Å². The van der Waals surface area contributed by atoms with Crippen LogP contribution in [0.25, 0.3) is 133 Å². The fraction of sp³-hybridized carbons (Fsp3) is 0.234. The van der Waals surface area contributed by atoms with Gasteiger partial charge < -0.3 is 9.30 Å². The highest BCUT2D eigenvalue weighted by Gasteiger charge is 2.41. The second-order valence-electron chi connectivity index (χ2n) is 29.4. The van der Waals surface area contributed by atoms with Gasteiger partial charge in [0.2, 0.25) is 0 Å². The van der Waals surface area contributed by atoms with E-state index in [1.54, 1.807) is 47.2 Å². The number of fused-ring (bicyclic) bond motifs is 15. The van der Waals surface area contributed by atoms with E-state index in [2.05, 4.69) is 77.6 Å². The lowest BCUT2D eigenvalue weighted by Gasteiger charge is -2.42. The SMILES string of the molecule is [2H]c1c([2H])c2c(c([2H])c1-c1cc3c4c(c1)n(-c1cccc(Oc5ccc6c7ccccc7n(-c7cc(C(C)(C)C)ccn7)c6c5)c1)[c-][n+]4-c1c(cc(-c4c(C([2H])([2H])[2H])cccc4C([2H])([2H])[2H])cc1-n1c4ccccc4c4ccccc41)-c1cc4c(cc1-c1ccccc1-3)C(C)(C)CCC4(C)C)C(C([2H])([2H])[2H])(C([2H])([2H])[2H])C([2H])([2H])C([2H])([2H])C2(C([2H])([2H])[2H])C([2H])([2H])[2H]. The first-order valence-corrected chi connectivity index (χ1v) is 33.8. The highest BCUT2D eigenvalue weighted by Crippen LogP contribution is 2.55. The monoisotopic (exact) mass is 1320 g/mol. The molecular formula is C94H85N5O. The number of aryl methyl sites for hydroxylation is 2. The summed E-state index contributed by atoms with van der Waals surface area (Å²) in [5.74, 6) is 1.33. The lowest BCUT2D eigenvalue weighted by atomic mass is 9.62. The number of benzene rings is 11. The molecule has 15 aromatic rings. The van der Waals surface area contributed by atoms with Crippen molar-refractivity contribution in [3.63, 3.8) is 0 Å². The Kier molecular flexibility index (Phi) is 8.90. The largest absolute Gasteiger partial charge is 0.458 e. The van der Waals surface area contributed by atoms with E-state index >= 15 is 0 Å². The minimum Gasteiger partial charge on any atom is -0.458 e. The van der Waals surface area contributed by atoms with Gasteiger partial charge in [0.25, 0.3) is 6.33 Å². The average molecular weight is 1330 g/mol. The fourth-order valence-corrected chi connectivity index (χ4v) is 15.9. The standard InChI is InChI=1S/C94H85N5O/c1-57-24-22-25-58(2)87(57)61-47-75-73-55-79-78(93(10,11)43-44-94(79,12)13)54-72(73)66-28-14-15-29-67(66)74-46-60(59-36-39-76-77(48-59)92(8,9)42-41-91(76,6)7)49-84-88(74)97(89(75)85(50-61)98-80-33-19-16-30-68(80)69-31-17-20-34-81(69)98)56-96(84)63-26-23-27-64(52-63)100-65-37-38-71-70-32-18-21-35-82(70)99(83(71)53-65)86-51-62(40-45-95-86)90(3,4)5/h14-40,45-55H,41-44H2,1-13H3/i1D3,2D3,6D3,7D3,8D3,9D3,36D,39D,41D2,42D2,48D. The van der Waals surface area contributed by atoms with Gasteiger partial charge in [-0.15, -0.1) is 0 Å². The molecule has 0 spiro atoms. The molecule has 0 saturated heterocycles. The molecule has 0 unspecified atom stereocenters. The number of rotatable bonds is 7. The maximum atomic E-state index is 10.8. The molecule has 4 aromatic heterocycles. The van der Waals surface area contributed by atoms with Crippen LogP contribution >= 0.6 is 0 Å². The van der Waals surface area contributed by atoms with Crippen molar-refractivity contribution in [1.29, 1.82) is 0 Å². The Morgan fingerprint density at radius 2 is 1.08 bits per heavy atom. The number of para-hydroxylation sites is 3. The Hall–Kier alpha value is -10.6. The number of hydrogen-bond acceptors (Lipinski definition) is 2. The maximum Gasteiger partial charge on any atom is 0.269 e. The zero-order chi connectivity index (χ0) is 89.9. The second kappa shape index (κ2) is 22.0. The minimum atomic E-state index is -4.62. The average Bonchev–Trinajstić information content (AvgIpc) is 1.17. The molecule has 11 aromatic carbocycles. The number of aromatic nitrogens is 5. The second-order valence-corrected chi connectivity index (χ2v) is 29.4. The first kappa shape index (κ1) is 40.5. The lowest BCUT2D eigenvalue weighted by molar-refractivity contribution is -0.571. The smallest absolute Gasteiger partial charge is 0.269 e. The molecule has 0 fully saturated rings. The Morgan fingerprint density at radius 3 is 1.74 bits per heavy atom. The van der Waals surface area contributed by atoms with Gasteiger partial charge in [0.1, 0.15) is 17.3 Å². The molecule has 0 N–H and O–H groups in total. The molecule has 0 saturated carbocycles. The van der Waals surface area contributed by atoms with Crippen molar-refractivity contribution in [2.75, 3.05) is 0 Å². The van der Waals surface area contributed by atoms with Crippen LogP contribution in [-0.2, 0) is 27.1 Å². The van der Waals surface area contributed by atoms with E-state index in [9.17, 15) is 26.0 Å². The highest BCUT2D eigenvalue weighted by molar-refractivity contribution is 6.12. The predicted molar refractivity (Wildman–Crippen MR) is 416 cm³/mol. The first-order chi connectivity index (χ1) is 58.2. The Bertz CT molecular complexity index is 6980. The number of nitrogens with zero attached hydrogens (tertiary/aromatic N) is 5. The third kappa shape index (κ3) is 9.56. The molecule has 0 radical (unpaired) electrons. The summed E-state index contributed by atoms with van der Waals surface area (Å²) in [5, 5.41) is 3.46. The Balaban J connectivity index is 1.04. The van der Waals surface area contributed by atoms with Crippen molar-refractivity contribution in [2.24, 2.45) is 0 Å². The summed E-state index contributed by atoms with van der Waals surface area (Å²) in [4.78, 5) is 4.91. The molecule has 18 rings (SSSR count). The van der Waals surface area contributed by atoms with Gasteiger partial charge in [0, 0.05) is 64.0 Å². The quantitative estimate of drug-likeness (QED) is 0.118.